The lowest BCUT2D eigenvalue weighted by atomic mass is 9.59. The predicted molar refractivity (Wildman–Crippen MR) is 175 cm³/mol. The van der Waals surface area contributed by atoms with Gasteiger partial charge in [-0.3, -0.25) is 13.9 Å². The molecule has 0 aliphatic heterocycles. The average molecular weight is 603 g/mol. The summed E-state index contributed by atoms with van der Waals surface area (Å²) in [6.45, 7) is 12.5. The molecule has 7 nitrogen and oxygen atoms in total. The number of phenols is 1. The molecule has 1 aromatic carbocycles. The van der Waals surface area contributed by atoms with Crippen molar-refractivity contribution in [2.45, 2.75) is 85.1 Å². The standard InChI is InChI=1S/C35H46N4O3S/c1-34(2,3)22-39-28-16-15-27(37-31(28)38(6)33(39)42)23-17-18-35(4,5)26(21-23)24(30-14-10-20-43-30)12-9-19-36-32(41)25-11-7-8-13-29(25)40/h7-8,10-11,13-16,20,23-24,26,40H,9,12,17-19,21-22H2,1-6H3,(H,36,41). The first-order valence-corrected chi connectivity index (χ1v) is 16.4. The molecular weight excluding hydrogens is 556 g/mol. The summed E-state index contributed by atoms with van der Waals surface area (Å²) in [6.07, 6.45) is 5.05. The van der Waals surface area contributed by atoms with Crippen LogP contribution in [0, 0.1) is 16.7 Å². The van der Waals surface area contributed by atoms with Gasteiger partial charge < -0.3 is 10.4 Å². The minimum atomic E-state index is -0.240. The summed E-state index contributed by atoms with van der Waals surface area (Å²) < 4.78 is 3.57. The molecule has 43 heavy (non-hydrogen) atoms. The number of nitrogens with one attached hydrogen (secondary N) is 1. The Hall–Kier alpha value is -3.39. The van der Waals surface area contributed by atoms with E-state index in [9.17, 15) is 14.7 Å². The third-order valence-electron chi connectivity index (χ3n) is 9.25. The maximum Gasteiger partial charge on any atom is 0.330 e. The first-order chi connectivity index (χ1) is 20.4. The minimum absolute atomic E-state index is 0.00379. The Labute approximate surface area is 259 Å². The fourth-order valence-corrected chi connectivity index (χ4v) is 7.85. The van der Waals surface area contributed by atoms with Crippen LogP contribution in [0.4, 0.5) is 0 Å². The molecule has 2 N–H and O–H groups in total. The van der Waals surface area contributed by atoms with Crippen molar-refractivity contribution in [2.24, 2.45) is 23.8 Å². The van der Waals surface area contributed by atoms with Crippen molar-refractivity contribution in [3.05, 3.63) is 80.5 Å². The van der Waals surface area contributed by atoms with Gasteiger partial charge in [0.1, 0.15) is 5.75 Å². The van der Waals surface area contributed by atoms with E-state index in [0.29, 0.717) is 36.4 Å². The van der Waals surface area contributed by atoms with E-state index in [1.165, 1.54) is 10.9 Å². The first-order valence-electron chi connectivity index (χ1n) is 15.5. The van der Waals surface area contributed by atoms with Gasteiger partial charge in [-0.15, -0.1) is 11.3 Å². The number of benzene rings is 1. The second-order valence-corrected chi connectivity index (χ2v) is 15.2. The number of aryl methyl sites for hydroxylation is 1. The van der Waals surface area contributed by atoms with Crippen LogP contribution in [0.3, 0.4) is 0 Å². The van der Waals surface area contributed by atoms with Crippen LogP contribution in [0.5, 0.6) is 5.75 Å². The summed E-state index contributed by atoms with van der Waals surface area (Å²) in [7, 11) is 1.83. The van der Waals surface area contributed by atoms with Crippen molar-refractivity contribution in [2.75, 3.05) is 6.54 Å². The van der Waals surface area contributed by atoms with Crippen LogP contribution in [-0.4, -0.2) is 31.7 Å². The van der Waals surface area contributed by atoms with Gasteiger partial charge >= 0.3 is 5.69 Å². The summed E-state index contributed by atoms with van der Waals surface area (Å²) in [6, 6.07) is 15.3. The molecule has 0 radical (unpaired) electrons. The molecule has 5 rings (SSSR count). The molecule has 1 aliphatic carbocycles. The number of para-hydroxylation sites is 1. The Morgan fingerprint density at radius 1 is 1.16 bits per heavy atom. The molecule has 0 bridgehead atoms. The molecule has 1 amide bonds. The van der Waals surface area contributed by atoms with Crippen LogP contribution >= 0.6 is 11.3 Å². The van der Waals surface area contributed by atoms with Gasteiger partial charge in [-0.05, 0) is 90.5 Å². The fraction of sp³-hybridized carbons (Fsp3) is 0.514. The third kappa shape index (κ3) is 6.74. The van der Waals surface area contributed by atoms with Crippen LogP contribution in [0.25, 0.3) is 11.2 Å². The summed E-state index contributed by atoms with van der Waals surface area (Å²) in [5.41, 5.74) is 3.20. The molecule has 3 aromatic heterocycles. The summed E-state index contributed by atoms with van der Waals surface area (Å²) in [5.74, 6) is 0.915. The zero-order valence-corrected chi connectivity index (χ0v) is 27.2. The monoisotopic (exact) mass is 602 g/mol. The van der Waals surface area contributed by atoms with Gasteiger partial charge in [-0.2, -0.15) is 0 Å². The number of aromatic hydroxyl groups is 1. The highest BCUT2D eigenvalue weighted by atomic mass is 32.1. The average Bonchev–Trinajstić information content (AvgIpc) is 3.56. The highest BCUT2D eigenvalue weighted by Gasteiger charge is 2.42. The first kappa shape index (κ1) is 31.0. The van der Waals surface area contributed by atoms with Gasteiger partial charge in [0.15, 0.2) is 5.65 Å². The molecule has 4 aromatic rings. The lowest BCUT2D eigenvalue weighted by Crippen LogP contribution is -2.36. The number of nitrogens with zero attached hydrogens (tertiary/aromatic N) is 3. The molecule has 3 heterocycles. The number of phenolic OH excluding ortho intramolecular Hbond substituents is 1. The zero-order valence-electron chi connectivity index (χ0n) is 26.4. The molecule has 3 atom stereocenters. The molecule has 1 fully saturated rings. The highest BCUT2D eigenvalue weighted by molar-refractivity contribution is 7.10. The predicted octanol–water partition coefficient (Wildman–Crippen LogP) is 7.45. The second kappa shape index (κ2) is 12.3. The van der Waals surface area contributed by atoms with Crippen LogP contribution in [0.2, 0.25) is 0 Å². The normalized spacial score (nSPS) is 19.4. The van der Waals surface area contributed by atoms with Gasteiger partial charge in [-0.1, -0.05) is 52.8 Å². The number of hydrogen-bond donors (Lipinski definition) is 2. The van der Waals surface area contributed by atoms with Crippen LogP contribution in [-0.2, 0) is 13.6 Å². The number of carbonyl (C=O) groups is 1. The van der Waals surface area contributed by atoms with E-state index in [2.05, 4.69) is 69.6 Å². The lowest BCUT2D eigenvalue weighted by Gasteiger charge is -2.46. The lowest BCUT2D eigenvalue weighted by molar-refractivity contribution is 0.0911. The molecule has 0 spiro atoms. The van der Waals surface area contributed by atoms with Crippen molar-refractivity contribution in [3.8, 4) is 5.75 Å². The van der Waals surface area contributed by atoms with E-state index >= 15 is 0 Å². The molecule has 1 aliphatic rings. The van der Waals surface area contributed by atoms with E-state index in [1.54, 1.807) is 22.8 Å². The highest BCUT2D eigenvalue weighted by Crippen LogP contribution is 2.53. The summed E-state index contributed by atoms with van der Waals surface area (Å²) in [4.78, 5) is 32.3. The van der Waals surface area contributed by atoms with Crippen molar-refractivity contribution >= 4 is 28.4 Å². The van der Waals surface area contributed by atoms with Crippen molar-refractivity contribution in [1.82, 2.24) is 19.4 Å². The molecule has 0 saturated heterocycles. The van der Waals surface area contributed by atoms with Crippen molar-refractivity contribution in [3.63, 3.8) is 0 Å². The fourth-order valence-electron chi connectivity index (χ4n) is 6.92. The van der Waals surface area contributed by atoms with E-state index in [1.807, 2.05) is 23.0 Å². The molecule has 1 saturated carbocycles. The Morgan fingerprint density at radius 2 is 1.93 bits per heavy atom. The third-order valence-corrected chi connectivity index (χ3v) is 10.3. The van der Waals surface area contributed by atoms with Crippen LogP contribution < -0.4 is 11.0 Å². The second-order valence-electron chi connectivity index (χ2n) is 14.2. The topological polar surface area (TPSA) is 89.2 Å². The number of aromatic nitrogens is 3. The Bertz CT molecular complexity index is 1630. The summed E-state index contributed by atoms with van der Waals surface area (Å²) >= 11 is 1.82. The largest absolute Gasteiger partial charge is 0.507 e. The number of rotatable bonds is 9. The molecule has 3 unspecified atom stereocenters. The zero-order chi connectivity index (χ0) is 30.9. The number of pyridine rings is 1. The number of fused-ring (bicyclic) bond motifs is 1. The Kier molecular flexibility index (Phi) is 8.89. The smallest absolute Gasteiger partial charge is 0.330 e. The van der Waals surface area contributed by atoms with Gasteiger partial charge in [-0.25, -0.2) is 9.78 Å². The summed E-state index contributed by atoms with van der Waals surface area (Å²) in [5, 5.41) is 15.2. The van der Waals surface area contributed by atoms with Gasteiger partial charge in [0.25, 0.3) is 5.91 Å². The minimum Gasteiger partial charge on any atom is -0.507 e. The van der Waals surface area contributed by atoms with Gasteiger partial charge in [0, 0.05) is 36.6 Å². The Balaban J connectivity index is 1.35. The number of imidazole rings is 1. The maximum absolute atomic E-state index is 13.1. The number of hydrogen-bond acceptors (Lipinski definition) is 5. The number of carbonyl (C=O) groups excluding carboxylic acids is 1. The SMILES string of the molecule is Cn1c(=O)n(CC(C)(C)C)c2ccc(C3CCC(C)(C)C(C(CCCNC(=O)c4ccccc4O)c4cccs4)C3)nc21. The quantitative estimate of drug-likeness (QED) is 0.195. The molecule has 8 heteroatoms. The molecule has 230 valence electrons. The van der Waals surface area contributed by atoms with Crippen molar-refractivity contribution < 1.29 is 9.90 Å². The van der Waals surface area contributed by atoms with E-state index in [-0.39, 0.29) is 28.2 Å². The maximum atomic E-state index is 13.1. The van der Waals surface area contributed by atoms with E-state index in [0.717, 1.165) is 49.0 Å². The van der Waals surface area contributed by atoms with Crippen LogP contribution in [0.15, 0.2) is 58.7 Å². The van der Waals surface area contributed by atoms with E-state index < -0.39 is 0 Å². The number of amides is 1. The Morgan fingerprint density at radius 3 is 2.63 bits per heavy atom. The van der Waals surface area contributed by atoms with Gasteiger partial charge in [0.2, 0.25) is 0 Å². The van der Waals surface area contributed by atoms with Crippen molar-refractivity contribution in [1.29, 1.82) is 0 Å². The number of thiophene rings is 1. The van der Waals surface area contributed by atoms with Crippen LogP contribution in [0.1, 0.15) is 99.5 Å². The van der Waals surface area contributed by atoms with E-state index in [4.69, 9.17) is 4.98 Å². The molecular formula is C35H46N4O3S. The van der Waals surface area contributed by atoms with Gasteiger partial charge in [0.05, 0.1) is 11.1 Å².